The first-order chi connectivity index (χ1) is 16.8. The quantitative estimate of drug-likeness (QED) is 0.436. The Labute approximate surface area is 203 Å². The van der Waals surface area contributed by atoms with Gasteiger partial charge in [0.15, 0.2) is 0 Å². The second-order valence-electron chi connectivity index (χ2n) is 9.02. The fourth-order valence-corrected chi connectivity index (χ4v) is 4.53. The Morgan fingerprint density at radius 2 is 1.91 bits per heavy atom. The molecule has 1 fully saturated rings. The number of nitrogens with two attached hydrogens (primary N) is 1. The number of fused-ring (bicyclic) bond motifs is 1. The first kappa shape index (κ1) is 24.3. The van der Waals surface area contributed by atoms with Gasteiger partial charge in [0.1, 0.15) is 11.6 Å². The van der Waals surface area contributed by atoms with Crippen LogP contribution >= 0.6 is 0 Å². The van der Waals surface area contributed by atoms with Crippen LogP contribution in [-0.4, -0.2) is 62.3 Å². The number of carbonyl (C=O) groups excluding carboxylic acids is 3. The van der Waals surface area contributed by atoms with Crippen molar-refractivity contribution in [2.24, 2.45) is 12.8 Å². The van der Waals surface area contributed by atoms with Crippen LogP contribution in [-0.2, 0) is 34.4 Å². The first-order valence-corrected chi connectivity index (χ1v) is 11.7. The molecule has 4 rings (SSSR count). The van der Waals surface area contributed by atoms with Crippen molar-refractivity contribution >= 4 is 28.8 Å². The maximum Gasteiger partial charge on any atom is 0.243 e. The lowest BCUT2D eigenvalue weighted by Crippen LogP contribution is -2.51. The molecule has 1 saturated heterocycles. The zero-order valence-electron chi connectivity index (χ0n) is 20.0. The molecule has 0 radical (unpaired) electrons. The summed E-state index contributed by atoms with van der Waals surface area (Å²) in [4.78, 5) is 39.5. The minimum absolute atomic E-state index is 0.200. The molecule has 3 atom stereocenters. The Balaban J connectivity index is 1.41. The Bertz CT molecular complexity index is 1210. The summed E-state index contributed by atoms with van der Waals surface area (Å²) in [6.07, 6.45) is 1.47. The second-order valence-corrected chi connectivity index (χ2v) is 9.02. The fraction of sp³-hybridized carbons (Fsp3) is 0.400. The highest BCUT2D eigenvalue weighted by Gasteiger charge is 2.41. The van der Waals surface area contributed by atoms with Crippen LogP contribution in [0.3, 0.4) is 0 Å². The number of rotatable bonds is 8. The van der Waals surface area contributed by atoms with Gasteiger partial charge in [-0.25, -0.2) is 4.68 Å². The van der Waals surface area contributed by atoms with Crippen molar-refractivity contribution in [1.29, 1.82) is 0 Å². The standard InChI is InChI=1S/C25H31N7O3/c1-16(33)28-19-13-23(24(34)27-14-18-9-11-22-21(12-18)29-30-31(22)2)32(15-19)25(35)20(26)10-8-17-6-4-3-5-7-17/h3-7,9,11-12,19-20,23H,8,10,13-15,26H2,1-2H3,(H,27,34)(H,28,33)/t19-,20+,23-/m0/s1. The van der Waals surface area contributed by atoms with Gasteiger partial charge in [-0.3, -0.25) is 14.4 Å². The number of carbonyl (C=O) groups is 3. The summed E-state index contributed by atoms with van der Waals surface area (Å²) in [5, 5.41) is 13.9. The van der Waals surface area contributed by atoms with Gasteiger partial charge in [-0.1, -0.05) is 41.6 Å². The van der Waals surface area contributed by atoms with Crippen LogP contribution in [0.1, 0.15) is 30.9 Å². The van der Waals surface area contributed by atoms with E-state index in [1.807, 2.05) is 55.6 Å². The van der Waals surface area contributed by atoms with Crippen molar-refractivity contribution in [3.05, 3.63) is 59.7 Å². The normalized spacial score (nSPS) is 18.4. The molecule has 1 aliphatic heterocycles. The highest BCUT2D eigenvalue weighted by molar-refractivity contribution is 5.90. The average Bonchev–Trinajstić information content (AvgIpc) is 3.44. The summed E-state index contributed by atoms with van der Waals surface area (Å²) in [6, 6.07) is 13.8. The number of aryl methyl sites for hydroxylation is 2. The Morgan fingerprint density at radius 1 is 1.14 bits per heavy atom. The molecule has 0 saturated carbocycles. The third-order valence-corrected chi connectivity index (χ3v) is 6.34. The smallest absolute Gasteiger partial charge is 0.243 e. The highest BCUT2D eigenvalue weighted by atomic mass is 16.2. The van der Waals surface area contributed by atoms with Gasteiger partial charge in [-0.15, -0.1) is 5.10 Å². The van der Waals surface area contributed by atoms with E-state index in [0.29, 0.717) is 19.3 Å². The van der Waals surface area contributed by atoms with Gasteiger partial charge in [-0.2, -0.15) is 0 Å². The molecule has 2 heterocycles. The van der Waals surface area contributed by atoms with Crippen LogP contribution in [0.2, 0.25) is 0 Å². The monoisotopic (exact) mass is 477 g/mol. The number of benzene rings is 2. The van der Waals surface area contributed by atoms with Gasteiger partial charge < -0.3 is 21.3 Å². The van der Waals surface area contributed by atoms with Crippen LogP contribution in [0.4, 0.5) is 0 Å². The number of aromatic nitrogens is 3. The zero-order valence-corrected chi connectivity index (χ0v) is 20.0. The lowest BCUT2D eigenvalue weighted by atomic mass is 10.0. The Hall–Kier alpha value is -3.79. The van der Waals surface area contributed by atoms with Crippen molar-refractivity contribution < 1.29 is 14.4 Å². The molecular weight excluding hydrogens is 446 g/mol. The van der Waals surface area contributed by atoms with Crippen LogP contribution in [0.5, 0.6) is 0 Å². The number of nitrogens with zero attached hydrogens (tertiary/aromatic N) is 4. The van der Waals surface area contributed by atoms with E-state index in [2.05, 4.69) is 20.9 Å². The van der Waals surface area contributed by atoms with Crippen molar-refractivity contribution in [2.45, 2.75) is 50.9 Å². The number of likely N-dealkylation sites (tertiary alicyclic amines) is 1. The zero-order chi connectivity index (χ0) is 24.9. The van der Waals surface area contributed by atoms with Crippen LogP contribution in [0.15, 0.2) is 48.5 Å². The molecule has 0 bridgehead atoms. The molecular formula is C25H31N7O3. The summed E-state index contributed by atoms with van der Waals surface area (Å²) >= 11 is 0. The third kappa shape index (κ3) is 5.83. The number of hydrogen-bond acceptors (Lipinski definition) is 6. The molecule has 10 nitrogen and oxygen atoms in total. The third-order valence-electron chi connectivity index (χ3n) is 6.34. The molecule has 3 aromatic rings. The van der Waals surface area contributed by atoms with E-state index >= 15 is 0 Å². The predicted molar refractivity (Wildman–Crippen MR) is 131 cm³/mol. The van der Waals surface area contributed by atoms with E-state index in [1.54, 1.807) is 4.68 Å². The summed E-state index contributed by atoms with van der Waals surface area (Å²) in [5.41, 5.74) is 9.86. The van der Waals surface area contributed by atoms with Crippen molar-refractivity contribution in [1.82, 2.24) is 30.5 Å². The molecule has 184 valence electrons. The average molecular weight is 478 g/mol. The van der Waals surface area contributed by atoms with Crippen LogP contribution < -0.4 is 16.4 Å². The Morgan fingerprint density at radius 3 is 2.66 bits per heavy atom. The van der Waals surface area contributed by atoms with E-state index in [-0.39, 0.29) is 36.9 Å². The number of nitrogens with one attached hydrogen (secondary N) is 2. The number of hydrogen-bond donors (Lipinski definition) is 3. The van der Waals surface area contributed by atoms with Gasteiger partial charge in [0.05, 0.1) is 11.6 Å². The maximum atomic E-state index is 13.2. The molecule has 0 aliphatic carbocycles. The lowest BCUT2D eigenvalue weighted by molar-refractivity contribution is -0.139. The van der Waals surface area contributed by atoms with Crippen LogP contribution in [0.25, 0.3) is 11.0 Å². The van der Waals surface area contributed by atoms with Gasteiger partial charge in [0.25, 0.3) is 0 Å². The maximum absolute atomic E-state index is 13.2. The largest absolute Gasteiger partial charge is 0.352 e. The molecule has 4 N–H and O–H groups in total. The van der Waals surface area contributed by atoms with E-state index in [9.17, 15) is 14.4 Å². The van der Waals surface area contributed by atoms with E-state index in [0.717, 1.165) is 22.2 Å². The molecule has 10 heteroatoms. The molecule has 1 aromatic heterocycles. The molecule has 1 aliphatic rings. The lowest BCUT2D eigenvalue weighted by Gasteiger charge is -2.26. The first-order valence-electron chi connectivity index (χ1n) is 11.7. The van der Waals surface area contributed by atoms with E-state index in [1.165, 1.54) is 11.8 Å². The number of amides is 3. The summed E-state index contributed by atoms with van der Waals surface area (Å²) in [7, 11) is 1.82. The van der Waals surface area contributed by atoms with Gasteiger partial charge in [0, 0.05) is 33.1 Å². The van der Waals surface area contributed by atoms with Gasteiger partial charge in [-0.05, 0) is 42.5 Å². The van der Waals surface area contributed by atoms with Gasteiger partial charge in [0.2, 0.25) is 17.7 Å². The fourth-order valence-electron chi connectivity index (χ4n) is 4.53. The topological polar surface area (TPSA) is 135 Å². The van der Waals surface area contributed by atoms with E-state index in [4.69, 9.17) is 5.73 Å². The Kier molecular flexibility index (Phi) is 7.40. The van der Waals surface area contributed by atoms with Crippen LogP contribution in [0, 0.1) is 0 Å². The van der Waals surface area contributed by atoms with Crippen molar-refractivity contribution in [3.63, 3.8) is 0 Å². The van der Waals surface area contributed by atoms with Crippen molar-refractivity contribution in [2.75, 3.05) is 6.54 Å². The minimum Gasteiger partial charge on any atom is -0.352 e. The summed E-state index contributed by atoms with van der Waals surface area (Å²) in [6.45, 7) is 1.96. The summed E-state index contributed by atoms with van der Waals surface area (Å²) in [5.74, 6) is -0.760. The summed E-state index contributed by atoms with van der Waals surface area (Å²) < 4.78 is 1.68. The second kappa shape index (κ2) is 10.6. The van der Waals surface area contributed by atoms with E-state index < -0.39 is 12.1 Å². The SMILES string of the molecule is CC(=O)N[C@H]1C[C@@H](C(=O)NCc2ccc3c(c2)nnn3C)N(C(=O)[C@H](N)CCc2ccccc2)C1. The molecule has 0 spiro atoms. The highest BCUT2D eigenvalue weighted by Crippen LogP contribution is 2.21. The predicted octanol–water partition coefficient (Wildman–Crippen LogP) is 0.650. The molecule has 35 heavy (non-hydrogen) atoms. The molecule has 0 unspecified atom stereocenters. The van der Waals surface area contributed by atoms with Crippen molar-refractivity contribution in [3.8, 4) is 0 Å². The minimum atomic E-state index is -0.736. The molecule has 2 aromatic carbocycles. The molecule has 3 amide bonds. The van der Waals surface area contributed by atoms with Gasteiger partial charge >= 0.3 is 0 Å².